The van der Waals surface area contributed by atoms with E-state index in [9.17, 15) is 26.7 Å². The second-order valence-corrected chi connectivity index (χ2v) is 3.23. The van der Waals surface area contributed by atoms with Crippen LogP contribution in [0.4, 0.5) is 22.0 Å². The zero-order chi connectivity index (χ0) is 14.1. The van der Waals surface area contributed by atoms with Crippen LogP contribution in [-0.4, -0.2) is 22.4 Å². The average molecular weight is 292 g/mol. The topological polar surface area (TPSA) is 59.4 Å². The molecule has 0 aliphatic carbocycles. The SMILES string of the molecule is O=C(O)c1cc(C(F)F)c(OC(F)(F)F)nc1Cl. The van der Waals surface area contributed by atoms with Crippen LogP contribution in [0, 0.1) is 0 Å². The highest BCUT2D eigenvalue weighted by Crippen LogP contribution is 2.34. The molecule has 1 N–H and O–H groups in total. The predicted octanol–water partition coefficient (Wildman–Crippen LogP) is 3.27. The number of carboxylic acid groups (broad SMARTS) is 1. The summed E-state index contributed by atoms with van der Waals surface area (Å²) in [4.78, 5) is 13.4. The van der Waals surface area contributed by atoms with Crippen LogP contribution in [-0.2, 0) is 0 Å². The lowest BCUT2D eigenvalue weighted by atomic mass is 10.2. The molecule has 4 nitrogen and oxygen atoms in total. The minimum Gasteiger partial charge on any atom is -0.478 e. The molecular weight excluding hydrogens is 289 g/mol. The molecule has 100 valence electrons. The minimum atomic E-state index is -5.25. The van der Waals surface area contributed by atoms with Crippen molar-refractivity contribution in [2.75, 3.05) is 0 Å². The van der Waals surface area contributed by atoms with Crippen LogP contribution in [0.5, 0.6) is 5.88 Å². The number of ether oxygens (including phenoxy) is 1. The Balaban J connectivity index is 3.34. The molecule has 1 aromatic heterocycles. The van der Waals surface area contributed by atoms with Gasteiger partial charge in [0.05, 0.1) is 11.1 Å². The summed E-state index contributed by atoms with van der Waals surface area (Å²) in [6, 6.07) is 0.281. The second kappa shape index (κ2) is 4.92. The Kier molecular flexibility index (Phi) is 3.95. The van der Waals surface area contributed by atoms with Gasteiger partial charge in [-0.1, -0.05) is 11.6 Å². The van der Waals surface area contributed by atoms with E-state index < -0.39 is 40.9 Å². The van der Waals surface area contributed by atoms with E-state index in [4.69, 9.17) is 16.7 Å². The van der Waals surface area contributed by atoms with Gasteiger partial charge in [0.2, 0.25) is 5.88 Å². The summed E-state index contributed by atoms with van der Waals surface area (Å²) in [5, 5.41) is 7.68. The van der Waals surface area contributed by atoms with Gasteiger partial charge in [-0.05, 0) is 6.07 Å². The summed E-state index contributed by atoms with van der Waals surface area (Å²) in [6.45, 7) is 0. The molecule has 1 aromatic rings. The van der Waals surface area contributed by atoms with Crippen molar-refractivity contribution in [3.63, 3.8) is 0 Å². The van der Waals surface area contributed by atoms with Gasteiger partial charge in [0, 0.05) is 0 Å². The number of nitrogens with zero attached hydrogens (tertiary/aromatic N) is 1. The van der Waals surface area contributed by atoms with E-state index in [0.29, 0.717) is 0 Å². The van der Waals surface area contributed by atoms with Gasteiger partial charge < -0.3 is 9.84 Å². The number of hydrogen-bond donors (Lipinski definition) is 1. The number of aromatic carboxylic acids is 1. The highest BCUT2D eigenvalue weighted by molar-refractivity contribution is 6.32. The van der Waals surface area contributed by atoms with Gasteiger partial charge >= 0.3 is 12.3 Å². The first-order chi connectivity index (χ1) is 8.11. The van der Waals surface area contributed by atoms with Crippen LogP contribution in [0.3, 0.4) is 0 Å². The van der Waals surface area contributed by atoms with Crippen molar-refractivity contribution in [2.24, 2.45) is 0 Å². The molecule has 1 heterocycles. The van der Waals surface area contributed by atoms with E-state index >= 15 is 0 Å². The quantitative estimate of drug-likeness (QED) is 0.686. The lowest BCUT2D eigenvalue weighted by molar-refractivity contribution is -0.276. The first-order valence-electron chi connectivity index (χ1n) is 4.09. The monoisotopic (exact) mass is 291 g/mol. The number of aromatic nitrogens is 1. The number of halogens is 6. The summed E-state index contributed by atoms with van der Waals surface area (Å²) in [5.41, 5.74) is -2.16. The minimum absolute atomic E-state index is 0.281. The van der Waals surface area contributed by atoms with Crippen molar-refractivity contribution in [3.8, 4) is 5.88 Å². The Hall–Kier alpha value is -1.64. The fraction of sp³-hybridized carbons (Fsp3) is 0.250. The van der Waals surface area contributed by atoms with E-state index in [-0.39, 0.29) is 6.07 Å². The summed E-state index contributed by atoms with van der Waals surface area (Å²) in [6.07, 6.45) is -8.64. The van der Waals surface area contributed by atoms with Gasteiger partial charge in [0.15, 0.2) is 0 Å². The van der Waals surface area contributed by atoms with Gasteiger partial charge in [0.25, 0.3) is 6.43 Å². The number of hydrogen-bond acceptors (Lipinski definition) is 3. The van der Waals surface area contributed by atoms with Crippen molar-refractivity contribution in [3.05, 3.63) is 22.3 Å². The van der Waals surface area contributed by atoms with Gasteiger partial charge in [-0.2, -0.15) is 4.98 Å². The first-order valence-corrected chi connectivity index (χ1v) is 4.47. The normalized spacial score (nSPS) is 11.7. The second-order valence-electron chi connectivity index (χ2n) is 2.87. The maximum Gasteiger partial charge on any atom is 0.574 e. The molecule has 0 saturated carbocycles. The van der Waals surface area contributed by atoms with E-state index in [1.807, 2.05) is 0 Å². The molecule has 0 bridgehead atoms. The molecule has 1 rings (SSSR count). The van der Waals surface area contributed by atoms with Gasteiger partial charge in [-0.25, -0.2) is 13.6 Å². The van der Waals surface area contributed by atoms with Crippen molar-refractivity contribution in [2.45, 2.75) is 12.8 Å². The maximum absolute atomic E-state index is 12.5. The molecule has 0 aromatic carbocycles. The van der Waals surface area contributed by atoms with Gasteiger partial charge in [-0.15, -0.1) is 13.2 Å². The molecule has 0 fully saturated rings. The molecule has 0 amide bonds. The van der Waals surface area contributed by atoms with Crippen LogP contribution in [0.15, 0.2) is 6.07 Å². The number of carboxylic acids is 1. The molecule has 0 saturated heterocycles. The lowest BCUT2D eigenvalue weighted by Gasteiger charge is -2.12. The fourth-order valence-corrected chi connectivity index (χ4v) is 1.20. The van der Waals surface area contributed by atoms with E-state index in [0.717, 1.165) is 0 Å². The molecule has 0 unspecified atom stereocenters. The predicted molar refractivity (Wildman–Crippen MR) is 47.8 cm³/mol. The largest absolute Gasteiger partial charge is 0.574 e. The standard InChI is InChI=1S/C8H3ClF5NO3/c9-4-2(7(16)17)1-3(5(10)11)6(15-4)18-8(12,13)14/h1,5H,(H,16,17). The zero-order valence-electron chi connectivity index (χ0n) is 8.13. The van der Waals surface area contributed by atoms with E-state index in [2.05, 4.69) is 9.72 Å². The van der Waals surface area contributed by atoms with E-state index in [1.165, 1.54) is 0 Å². The number of carbonyl (C=O) groups is 1. The smallest absolute Gasteiger partial charge is 0.478 e. The highest BCUT2D eigenvalue weighted by atomic mass is 35.5. The average Bonchev–Trinajstić information content (AvgIpc) is 2.13. The van der Waals surface area contributed by atoms with Gasteiger partial charge in [0.1, 0.15) is 5.15 Å². The van der Waals surface area contributed by atoms with Crippen LogP contribution >= 0.6 is 11.6 Å². The number of pyridine rings is 1. The van der Waals surface area contributed by atoms with Crippen LogP contribution in [0.25, 0.3) is 0 Å². The van der Waals surface area contributed by atoms with Crippen LogP contribution in [0.2, 0.25) is 5.15 Å². The molecular formula is C8H3ClF5NO3. The zero-order valence-corrected chi connectivity index (χ0v) is 8.89. The van der Waals surface area contributed by atoms with Crippen molar-refractivity contribution < 1.29 is 36.6 Å². The summed E-state index contributed by atoms with van der Waals surface area (Å²) in [7, 11) is 0. The third-order valence-corrected chi connectivity index (χ3v) is 1.93. The molecule has 0 aliphatic heterocycles. The van der Waals surface area contributed by atoms with Crippen LogP contribution < -0.4 is 4.74 Å². The summed E-state index contributed by atoms with van der Waals surface area (Å²) < 4.78 is 63.9. The van der Waals surface area contributed by atoms with Crippen LogP contribution in [0.1, 0.15) is 22.3 Å². The molecule has 10 heteroatoms. The van der Waals surface area contributed by atoms with E-state index in [1.54, 1.807) is 0 Å². The molecule has 18 heavy (non-hydrogen) atoms. The Morgan fingerprint density at radius 1 is 1.44 bits per heavy atom. The van der Waals surface area contributed by atoms with Crippen molar-refractivity contribution >= 4 is 17.6 Å². The molecule has 0 aliphatic rings. The van der Waals surface area contributed by atoms with Crippen molar-refractivity contribution in [1.82, 2.24) is 4.98 Å². The Morgan fingerprint density at radius 3 is 2.39 bits per heavy atom. The van der Waals surface area contributed by atoms with Gasteiger partial charge in [-0.3, -0.25) is 0 Å². The molecule has 0 spiro atoms. The van der Waals surface area contributed by atoms with Crippen molar-refractivity contribution in [1.29, 1.82) is 0 Å². The highest BCUT2D eigenvalue weighted by Gasteiger charge is 2.35. The summed E-state index contributed by atoms with van der Waals surface area (Å²) >= 11 is 5.25. The lowest BCUT2D eigenvalue weighted by Crippen LogP contribution is -2.19. The third-order valence-electron chi connectivity index (χ3n) is 1.65. The Bertz CT molecular complexity index is 477. The third kappa shape index (κ3) is 3.42. The molecule has 0 atom stereocenters. The number of alkyl halides is 5. The fourth-order valence-electron chi connectivity index (χ4n) is 0.988. The Labute approximate surface area is 101 Å². The number of rotatable bonds is 3. The molecule has 0 radical (unpaired) electrons. The Morgan fingerprint density at radius 2 is 2.00 bits per heavy atom. The summed E-state index contributed by atoms with van der Waals surface area (Å²) in [5.74, 6) is -3.18. The first kappa shape index (κ1) is 14.4. The maximum atomic E-state index is 12.5.